The first kappa shape index (κ1) is 16.8. The minimum absolute atomic E-state index is 0.347. The lowest BCUT2D eigenvalue weighted by molar-refractivity contribution is 0.0706. The predicted molar refractivity (Wildman–Crippen MR) is 99.6 cm³/mol. The summed E-state index contributed by atoms with van der Waals surface area (Å²) < 4.78 is 13.1. The third kappa shape index (κ3) is 2.88. The summed E-state index contributed by atoms with van der Waals surface area (Å²) >= 11 is -1.24. The fourth-order valence-electron chi connectivity index (χ4n) is 3.12. The van der Waals surface area contributed by atoms with Gasteiger partial charge in [0.05, 0.1) is 11.3 Å². The average Bonchev–Trinajstić information content (AvgIpc) is 2.83. The molecule has 6 heteroatoms. The standard InChI is InChI=1S/C20H16N2O3S/c23-20(22-24)14-11-9-13(10-12-14)19-15-5-1-3-7-17(15)26(25)18-8-4-2-6-16(18)21-19/h1-3,5-7,9-12,24H,4,8H2,(H,22,23). The SMILES string of the molecule is O=C(NO)c1ccc(C2=NC3=C(CCC=C3)[S+]([O-])c3ccccc32)cc1. The van der Waals surface area contributed by atoms with Gasteiger partial charge in [-0.05, 0) is 36.8 Å². The summed E-state index contributed by atoms with van der Waals surface area (Å²) in [6.45, 7) is 0. The summed E-state index contributed by atoms with van der Waals surface area (Å²) in [5, 5.41) is 8.76. The highest BCUT2D eigenvalue weighted by Crippen LogP contribution is 2.36. The molecular weight excluding hydrogens is 348 g/mol. The van der Waals surface area contributed by atoms with Crippen molar-refractivity contribution in [3.8, 4) is 0 Å². The van der Waals surface area contributed by atoms with E-state index in [-0.39, 0.29) is 0 Å². The van der Waals surface area contributed by atoms with Crippen LogP contribution in [0.15, 0.2) is 81.2 Å². The van der Waals surface area contributed by atoms with Crippen molar-refractivity contribution >= 4 is 22.8 Å². The van der Waals surface area contributed by atoms with Crippen molar-refractivity contribution in [1.82, 2.24) is 5.48 Å². The van der Waals surface area contributed by atoms with Gasteiger partial charge in [-0.15, -0.1) is 0 Å². The Hall–Kier alpha value is -2.67. The van der Waals surface area contributed by atoms with Gasteiger partial charge in [0.15, 0.2) is 9.80 Å². The van der Waals surface area contributed by atoms with Crippen molar-refractivity contribution in [3.05, 3.63) is 88.0 Å². The number of hydrogen-bond acceptors (Lipinski definition) is 4. The van der Waals surface area contributed by atoms with Crippen LogP contribution in [-0.2, 0) is 11.2 Å². The van der Waals surface area contributed by atoms with E-state index in [2.05, 4.69) is 0 Å². The smallest absolute Gasteiger partial charge is 0.274 e. The van der Waals surface area contributed by atoms with Gasteiger partial charge < -0.3 is 4.55 Å². The van der Waals surface area contributed by atoms with Gasteiger partial charge in [-0.1, -0.05) is 30.3 Å². The first-order valence-corrected chi connectivity index (χ1v) is 9.38. The Bertz CT molecular complexity index is 961. The molecule has 2 N–H and O–H groups in total. The van der Waals surface area contributed by atoms with Gasteiger partial charge in [0.1, 0.15) is 5.70 Å². The summed E-state index contributed by atoms with van der Waals surface area (Å²) in [5.41, 5.74) is 5.08. The minimum Gasteiger partial charge on any atom is -0.607 e. The normalized spacial score (nSPS) is 18.5. The molecule has 0 bridgehead atoms. The molecule has 0 saturated heterocycles. The molecule has 1 heterocycles. The Kier molecular flexibility index (Phi) is 4.46. The van der Waals surface area contributed by atoms with Crippen LogP contribution in [0.3, 0.4) is 0 Å². The molecule has 1 atom stereocenters. The zero-order valence-corrected chi connectivity index (χ0v) is 14.6. The van der Waals surface area contributed by atoms with Crippen molar-refractivity contribution < 1.29 is 14.6 Å². The summed E-state index contributed by atoms with van der Waals surface area (Å²) in [7, 11) is 0. The maximum atomic E-state index is 13.1. The maximum absolute atomic E-state index is 13.1. The Balaban J connectivity index is 1.87. The molecule has 2 aromatic rings. The van der Waals surface area contributed by atoms with E-state index < -0.39 is 17.1 Å². The zero-order valence-electron chi connectivity index (χ0n) is 13.8. The van der Waals surface area contributed by atoms with E-state index in [1.165, 1.54) is 0 Å². The van der Waals surface area contributed by atoms with Crippen LogP contribution < -0.4 is 5.48 Å². The molecule has 1 aliphatic carbocycles. The van der Waals surface area contributed by atoms with Crippen molar-refractivity contribution in [2.75, 3.05) is 0 Å². The molecule has 0 radical (unpaired) electrons. The van der Waals surface area contributed by atoms with E-state index in [4.69, 9.17) is 10.2 Å². The van der Waals surface area contributed by atoms with Crippen LogP contribution >= 0.6 is 0 Å². The number of allylic oxidation sites excluding steroid dienone is 3. The van der Waals surface area contributed by atoms with Gasteiger partial charge in [0.25, 0.3) is 5.91 Å². The monoisotopic (exact) mass is 364 g/mol. The van der Waals surface area contributed by atoms with Crippen LogP contribution in [0.1, 0.15) is 34.3 Å². The lowest BCUT2D eigenvalue weighted by Gasteiger charge is -2.15. The van der Waals surface area contributed by atoms with Gasteiger partial charge >= 0.3 is 0 Å². The van der Waals surface area contributed by atoms with E-state index in [1.54, 1.807) is 29.7 Å². The number of carbonyl (C=O) groups is 1. The van der Waals surface area contributed by atoms with Crippen LogP contribution in [0.4, 0.5) is 0 Å². The third-order valence-electron chi connectivity index (χ3n) is 4.42. The quantitative estimate of drug-likeness (QED) is 0.487. The molecule has 1 aliphatic heterocycles. The fraction of sp³-hybridized carbons (Fsp3) is 0.100. The molecule has 1 amide bonds. The summed E-state index contributed by atoms with van der Waals surface area (Å²) in [6.07, 6.45) is 5.57. The van der Waals surface area contributed by atoms with Gasteiger partial charge in [0.2, 0.25) is 0 Å². The van der Waals surface area contributed by atoms with Crippen molar-refractivity contribution in [2.45, 2.75) is 17.7 Å². The molecule has 5 nitrogen and oxygen atoms in total. The Labute approximate surface area is 153 Å². The third-order valence-corrected chi connectivity index (χ3v) is 6.04. The number of carbonyl (C=O) groups excluding carboxylic acids is 1. The largest absolute Gasteiger partial charge is 0.607 e. The summed E-state index contributed by atoms with van der Waals surface area (Å²) in [6, 6.07) is 14.4. The maximum Gasteiger partial charge on any atom is 0.274 e. The van der Waals surface area contributed by atoms with Gasteiger partial charge in [0, 0.05) is 28.7 Å². The topological polar surface area (TPSA) is 84.8 Å². The molecule has 0 aromatic heterocycles. The zero-order chi connectivity index (χ0) is 18.1. The number of fused-ring (bicyclic) bond motifs is 1. The number of aliphatic imine (C=N–C) groups is 1. The molecule has 2 aromatic carbocycles. The predicted octanol–water partition coefficient (Wildman–Crippen LogP) is 3.33. The molecule has 4 rings (SSSR count). The Morgan fingerprint density at radius 3 is 2.69 bits per heavy atom. The number of rotatable bonds is 2. The van der Waals surface area contributed by atoms with Gasteiger partial charge in [-0.25, -0.2) is 10.5 Å². The second-order valence-corrected chi connectivity index (χ2v) is 7.46. The van der Waals surface area contributed by atoms with E-state index in [0.717, 1.165) is 45.2 Å². The van der Waals surface area contributed by atoms with Crippen LogP contribution in [0.5, 0.6) is 0 Å². The second-order valence-electron chi connectivity index (χ2n) is 5.99. The van der Waals surface area contributed by atoms with Crippen LogP contribution in [0.25, 0.3) is 0 Å². The highest BCUT2D eigenvalue weighted by molar-refractivity contribution is 7.95. The van der Waals surface area contributed by atoms with Crippen molar-refractivity contribution in [2.24, 2.45) is 4.99 Å². The van der Waals surface area contributed by atoms with Crippen molar-refractivity contribution in [1.29, 1.82) is 0 Å². The molecule has 0 fully saturated rings. The lowest BCUT2D eigenvalue weighted by atomic mass is 10.0. The van der Waals surface area contributed by atoms with E-state index in [1.807, 2.05) is 36.4 Å². The van der Waals surface area contributed by atoms with Crippen LogP contribution in [0, 0.1) is 0 Å². The second kappa shape index (κ2) is 6.92. The number of hydroxylamine groups is 1. The number of nitrogens with zero attached hydrogens (tertiary/aromatic N) is 1. The minimum atomic E-state index is -1.24. The first-order chi connectivity index (χ1) is 12.7. The van der Waals surface area contributed by atoms with Crippen LogP contribution in [-0.4, -0.2) is 21.4 Å². The van der Waals surface area contributed by atoms with E-state index in [0.29, 0.717) is 5.56 Å². The Morgan fingerprint density at radius 2 is 1.92 bits per heavy atom. The molecule has 1 unspecified atom stereocenters. The number of hydrogen-bond donors (Lipinski definition) is 2. The highest BCUT2D eigenvalue weighted by atomic mass is 32.2. The lowest BCUT2D eigenvalue weighted by Crippen LogP contribution is -2.18. The molecule has 26 heavy (non-hydrogen) atoms. The Morgan fingerprint density at radius 1 is 1.15 bits per heavy atom. The highest BCUT2D eigenvalue weighted by Gasteiger charge is 2.30. The number of nitrogens with one attached hydrogen (secondary N) is 1. The first-order valence-electron chi connectivity index (χ1n) is 8.23. The molecule has 2 aliphatic rings. The number of benzene rings is 2. The molecule has 0 saturated carbocycles. The van der Waals surface area contributed by atoms with Crippen molar-refractivity contribution in [3.63, 3.8) is 0 Å². The summed E-state index contributed by atoms with van der Waals surface area (Å²) in [5.74, 6) is -0.568. The average molecular weight is 364 g/mol. The van der Waals surface area contributed by atoms with E-state index in [9.17, 15) is 9.35 Å². The molecule has 130 valence electrons. The fourth-order valence-corrected chi connectivity index (χ4v) is 4.56. The van der Waals surface area contributed by atoms with E-state index >= 15 is 0 Å². The van der Waals surface area contributed by atoms with Crippen LogP contribution in [0.2, 0.25) is 0 Å². The summed E-state index contributed by atoms with van der Waals surface area (Å²) in [4.78, 5) is 18.0. The van der Waals surface area contributed by atoms with Gasteiger partial charge in [-0.2, -0.15) is 0 Å². The molecule has 0 spiro atoms. The van der Waals surface area contributed by atoms with Gasteiger partial charge in [-0.3, -0.25) is 10.0 Å². The number of amides is 1. The molecular formula is C20H16N2O3S.